The van der Waals surface area contributed by atoms with E-state index in [1.165, 1.54) is 12.1 Å². The Labute approximate surface area is 125 Å². The maximum atomic E-state index is 12.8. The Morgan fingerprint density at radius 1 is 1.27 bits per heavy atom. The van der Waals surface area contributed by atoms with E-state index in [1.54, 1.807) is 0 Å². The van der Waals surface area contributed by atoms with E-state index in [1.807, 2.05) is 0 Å². The summed E-state index contributed by atoms with van der Waals surface area (Å²) < 4.78 is 38.4. The molecule has 1 heterocycles. The number of rotatable bonds is 3. The van der Waals surface area contributed by atoms with Crippen molar-refractivity contribution < 1.29 is 22.8 Å². The Bertz CT molecular complexity index is 611. The van der Waals surface area contributed by atoms with Crippen molar-refractivity contribution in [1.29, 1.82) is 0 Å². The fraction of sp³-hybridized carbons (Fsp3) is 0.467. The van der Waals surface area contributed by atoms with Crippen LogP contribution in [-0.2, 0) is 15.8 Å². The van der Waals surface area contributed by atoms with E-state index >= 15 is 0 Å². The molecule has 22 heavy (non-hydrogen) atoms. The first-order chi connectivity index (χ1) is 10.4. The molecule has 118 valence electrons. The van der Waals surface area contributed by atoms with E-state index in [-0.39, 0.29) is 12.6 Å². The number of carbonyl (C=O) groups is 2. The molecule has 4 nitrogen and oxygen atoms in total. The van der Waals surface area contributed by atoms with Gasteiger partial charge in [0.2, 0.25) is 11.8 Å². The Morgan fingerprint density at radius 3 is 2.64 bits per heavy atom. The minimum atomic E-state index is -4.45. The summed E-state index contributed by atoms with van der Waals surface area (Å²) in [5.74, 6) is -2.38. The van der Waals surface area contributed by atoms with E-state index in [9.17, 15) is 22.8 Å². The third-order valence-corrected chi connectivity index (χ3v) is 4.03. The van der Waals surface area contributed by atoms with Crippen molar-refractivity contribution in [1.82, 2.24) is 10.6 Å². The number of alkyl halides is 3. The molecule has 1 aliphatic carbocycles. The highest BCUT2D eigenvalue weighted by atomic mass is 19.4. The van der Waals surface area contributed by atoms with Crippen LogP contribution in [-0.4, -0.2) is 24.4 Å². The van der Waals surface area contributed by atoms with E-state index in [4.69, 9.17) is 0 Å². The molecule has 0 radical (unpaired) electrons. The lowest BCUT2D eigenvalue weighted by Gasteiger charge is -2.18. The van der Waals surface area contributed by atoms with Crippen LogP contribution in [0.3, 0.4) is 0 Å². The summed E-state index contributed by atoms with van der Waals surface area (Å²) in [5.41, 5.74) is -0.421. The highest BCUT2D eigenvalue weighted by Crippen LogP contribution is 2.35. The van der Waals surface area contributed by atoms with Gasteiger partial charge in [-0.3, -0.25) is 9.59 Å². The molecule has 0 bridgehead atoms. The van der Waals surface area contributed by atoms with Gasteiger partial charge in [0, 0.05) is 18.5 Å². The monoisotopic (exact) mass is 312 g/mol. The molecule has 7 heteroatoms. The van der Waals surface area contributed by atoms with Crippen molar-refractivity contribution in [2.75, 3.05) is 6.54 Å². The summed E-state index contributed by atoms with van der Waals surface area (Å²) in [4.78, 5) is 24.1. The van der Waals surface area contributed by atoms with Crippen molar-refractivity contribution >= 4 is 11.8 Å². The Morgan fingerprint density at radius 2 is 2.00 bits per heavy atom. The average molecular weight is 312 g/mol. The SMILES string of the molecule is O=C1NCC(c2cccc(C(F)(F)F)c2)C1C(=O)NC1CC1. The van der Waals surface area contributed by atoms with Crippen LogP contribution in [0.2, 0.25) is 0 Å². The van der Waals surface area contributed by atoms with Crippen molar-refractivity contribution in [3.63, 3.8) is 0 Å². The summed E-state index contributed by atoms with van der Waals surface area (Å²) in [6, 6.07) is 4.92. The van der Waals surface area contributed by atoms with Gasteiger partial charge < -0.3 is 10.6 Å². The highest BCUT2D eigenvalue weighted by molar-refractivity contribution is 6.03. The molecule has 2 amide bonds. The summed E-state index contributed by atoms with van der Waals surface area (Å²) in [6.07, 6.45) is -2.68. The minimum absolute atomic E-state index is 0.100. The van der Waals surface area contributed by atoms with E-state index in [0.717, 1.165) is 25.0 Å². The van der Waals surface area contributed by atoms with Crippen LogP contribution in [0.4, 0.5) is 13.2 Å². The van der Waals surface area contributed by atoms with Gasteiger partial charge in [-0.1, -0.05) is 18.2 Å². The number of hydrogen-bond acceptors (Lipinski definition) is 2. The van der Waals surface area contributed by atoms with Crippen LogP contribution in [0.5, 0.6) is 0 Å². The fourth-order valence-electron chi connectivity index (χ4n) is 2.70. The Kier molecular flexibility index (Phi) is 3.58. The van der Waals surface area contributed by atoms with Gasteiger partial charge in [0.15, 0.2) is 0 Å². The summed E-state index contributed by atoms with van der Waals surface area (Å²) in [7, 11) is 0. The largest absolute Gasteiger partial charge is 0.416 e. The van der Waals surface area contributed by atoms with E-state index < -0.39 is 35.4 Å². The molecule has 1 aromatic carbocycles. The lowest BCUT2D eigenvalue weighted by Crippen LogP contribution is -2.38. The molecular formula is C15H15F3N2O2. The zero-order valence-corrected chi connectivity index (χ0v) is 11.6. The minimum Gasteiger partial charge on any atom is -0.355 e. The summed E-state index contributed by atoms with van der Waals surface area (Å²) >= 11 is 0. The first kappa shape index (κ1) is 14.9. The van der Waals surface area contributed by atoms with Crippen molar-refractivity contribution in [3.05, 3.63) is 35.4 Å². The zero-order chi connectivity index (χ0) is 15.9. The van der Waals surface area contributed by atoms with Gasteiger partial charge in [-0.05, 0) is 24.5 Å². The first-order valence-corrected chi connectivity index (χ1v) is 7.11. The third-order valence-electron chi connectivity index (χ3n) is 4.03. The normalized spacial score (nSPS) is 25.0. The summed E-state index contributed by atoms with van der Waals surface area (Å²) in [6.45, 7) is 0.170. The molecule has 1 aromatic rings. The number of carbonyl (C=O) groups excluding carboxylic acids is 2. The third kappa shape index (κ3) is 2.93. The maximum absolute atomic E-state index is 12.8. The average Bonchev–Trinajstić information content (AvgIpc) is 3.17. The van der Waals surface area contributed by atoms with Crippen LogP contribution < -0.4 is 10.6 Å². The molecule has 0 aromatic heterocycles. The smallest absolute Gasteiger partial charge is 0.355 e. The topological polar surface area (TPSA) is 58.2 Å². The van der Waals surface area contributed by atoms with E-state index in [0.29, 0.717) is 5.56 Å². The second-order valence-electron chi connectivity index (χ2n) is 5.74. The van der Waals surface area contributed by atoms with Crippen LogP contribution in [0, 0.1) is 5.92 Å². The molecule has 2 fully saturated rings. The Balaban J connectivity index is 1.85. The van der Waals surface area contributed by atoms with Crippen LogP contribution >= 0.6 is 0 Å². The molecule has 1 aliphatic heterocycles. The number of amides is 2. The van der Waals surface area contributed by atoms with Crippen LogP contribution in [0.25, 0.3) is 0 Å². The molecular weight excluding hydrogens is 297 g/mol. The van der Waals surface area contributed by atoms with Gasteiger partial charge in [0.05, 0.1) is 5.56 Å². The molecule has 2 atom stereocenters. The summed E-state index contributed by atoms with van der Waals surface area (Å²) in [5, 5.41) is 5.32. The van der Waals surface area contributed by atoms with Crippen molar-refractivity contribution in [2.24, 2.45) is 5.92 Å². The van der Waals surface area contributed by atoms with Crippen LogP contribution in [0.15, 0.2) is 24.3 Å². The van der Waals surface area contributed by atoms with E-state index in [2.05, 4.69) is 10.6 Å². The second kappa shape index (κ2) is 5.30. The lowest BCUT2D eigenvalue weighted by molar-refractivity contribution is -0.137. The van der Waals surface area contributed by atoms with Crippen LogP contribution in [0.1, 0.15) is 29.9 Å². The zero-order valence-electron chi connectivity index (χ0n) is 11.6. The molecule has 1 saturated carbocycles. The number of nitrogens with one attached hydrogen (secondary N) is 2. The van der Waals surface area contributed by atoms with Crippen molar-refractivity contribution in [2.45, 2.75) is 31.0 Å². The molecule has 2 unspecified atom stereocenters. The molecule has 0 spiro atoms. The molecule has 3 rings (SSSR count). The lowest BCUT2D eigenvalue weighted by atomic mass is 9.87. The Hall–Kier alpha value is -2.05. The van der Waals surface area contributed by atoms with Gasteiger partial charge in [-0.25, -0.2) is 0 Å². The predicted octanol–water partition coefficient (Wildman–Crippen LogP) is 1.81. The first-order valence-electron chi connectivity index (χ1n) is 7.11. The van der Waals surface area contributed by atoms with Gasteiger partial charge in [0.25, 0.3) is 0 Å². The van der Waals surface area contributed by atoms with Gasteiger partial charge >= 0.3 is 6.18 Å². The number of halogens is 3. The molecule has 2 N–H and O–H groups in total. The van der Waals surface area contributed by atoms with Gasteiger partial charge in [-0.2, -0.15) is 13.2 Å². The van der Waals surface area contributed by atoms with Crippen molar-refractivity contribution in [3.8, 4) is 0 Å². The highest BCUT2D eigenvalue weighted by Gasteiger charge is 2.43. The van der Waals surface area contributed by atoms with Gasteiger partial charge in [-0.15, -0.1) is 0 Å². The second-order valence-corrected chi connectivity index (χ2v) is 5.74. The quantitative estimate of drug-likeness (QED) is 0.836. The fourth-order valence-corrected chi connectivity index (χ4v) is 2.70. The van der Waals surface area contributed by atoms with Gasteiger partial charge in [0.1, 0.15) is 5.92 Å². The maximum Gasteiger partial charge on any atom is 0.416 e. The molecule has 2 aliphatic rings. The number of benzene rings is 1. The number of hydrogen-bond donors (Lipinski definition) is 2. The molecule has 1 saturated heterocycles. The standard InChI is InChI=1S/C15H15F3N2O2/c16-15(17,18)9-3-1-2-8(6-9)11-7-19-13(21)12(11)14(22)20-10-4-5-10/h1-3,6,10-12H,4-5,7H2,(H,19,21)(H,20,22). The predicted molar refractivity (Wildman–Crippen MR) is 71.8 cm³/mol.